The molecular weight excluding hydrogens is 276 g/mol. The lowest BCUT2D eigenvalue weighted by atomic mass is 9.82. The van der Waals surface area contributed by atoms with Gasteiger partial charge >= 0.3 is 0 Å². The molecule has 6 atom stereocenters. The molecule has 0 amide bonds. The van der Waals surface area contributed by atoms with Crippen molar-refractivity contribution >= 4 is 25.3 Å². The van der Waals surface area contributed by atoms with Gasteiger partial charge in [-0.05, 0) is 0 Å². The summed E-state index contributed by atoms with van der Waals surface area (Å²) in [5, 5.41) is 47.2. The number of aliphatic hydroxyl groups excluding tert-OH is 5. The number of rotatable bonds is 7. The standard InChI is InChI=1S/C11H24O5S2/c1-5(17)7(11(2,3)18)9(15)10(16)8(14)6(13)4-12/h5-10,12-18H,4H2,1-3H3. The molecule has 5 nitrogen and oxygen atoms in total. The molecule has 0 aliphatic carbocycles. The average molecular weight is 300 g/mol. The molecule has 7 heteroatoms. The van der Waals surface area contributed by atoms with Crippen LogP contribution in [0.2, 0.25) is 0 Å². The van der Waals surface area contributed by atoms with Crippen LogP contribution in [0.3, 0.4) is 0 Å². The Balaban J connectivity index is 4.93. The van der Waals surface area contributed by atoms with Crippen molar-refractivity contribution in [3.63, 3.8) is 0 Å². The highest BCUT2D eigenvalue weighted by Crippen LogP contribution is 2.34. The maximum Gasteiger partial charge on any atom is 0.110 e. The van der Waals surface area contributed by atoms with Crippen LogP contribution in [0.25, 0.3) is 0 Å². The van der Waals surface area contributed by atoms with E-state index in [0.717, 1.165) is 0 Å². The van der Waals surface area contributed by atoms with Crippen LogP contribution in [0.15, 0.2) is 0 Å². The van der Waals surface area contributed by atoms with Gasteiger partial charge in [-0.2, -0.15) is 25.3 Å². The molecule has 0 radical (unpaired) electrons. The number of thiol groups is 2. The Bertz CT molecular complexity index is 244. The first-order valence-corrected chi connectivity index (χ1v) is 6.74. The molecular formula is C11H24O5S2. The van der Waals surface area contributed by atoms with Crippen LogP contribution in [0.4, 0.5) is 0 Å². The van der Waals surface area contributed by atoms with E-state index < -0.39 is 41.7 Å². The Morgan fingerprint density at radius 2 is 1.44 bits per heavy atom. The molecule has 0 heterocycles. The van der Waals surface area contributed by atoms with Crippen LogP contribution in [0.5, 0.6) is 0 Å². The van der Waals surface area contributed by atoms with E-state index in [9.17, 15) is 20.4 Å². The number of hydrogen-bond donors (Lipinski definition) is 7. The highest BCUT2D eigenvalue weighted by Gasteiger charge is 2.42. The molecule has 0 spiro atoms. The average Bonchev–Trinajstić information content (AvgIpc) is 2.23. The van der Waals surface area contributed by atoms with Crippen LogP contribution in [-0.2, 0) is 0 Å². The zero-order valence-electron chi connectivity index (χ0n) is 10.8. The molecule has 0 aromatic carbocycles. The van der Waals surface area contributed by atoms with Crippen molar-refractivity contribution in [3.05, 3.63) is 0 Å². The van der Waals surface area contributed by atoms with E-state index in [2.05, 4.69) is 25.3 Å². The minimum absolute atomic E-state index is 0.277. The van der Waals surface area contributed by atoms with Gasteiger partial charge in [-0.25, -0.2) is 0 Å². The fourth-order valence-corrected chi connectivity index (χ4v) is 3.09. The second kappa shape index (κ2) is 7.33. The maximum absolute atomic E-state index is 10.1. The highest BCUT2D eigenvalue weighted by molar-refractivity contribution is 7.82. The van der Waals surface area contributed by atoms with E-state index in [1.165, 1.54) is 0 Å². The fourth-order valence-electron chi connectivity index (χ4n) is 2.04. The molecule has 18 heavy (non-hydrogen) atoms. The molecule has 6 unspecified atom stereocenters. The minimum Gasteiger partial charge on any atom is -0.394 e. The van der Waals surface area contributed by atoms with E-state index in [4.69, 9.17) is 5.11 Å². The van der Waals surface area contributed by atoms with Crippen molar-refractivity contribution in [2.45, 2.75) is 55.2 Å². The van der Waals surface area contributed by atoms with Crippen molar-refractivity contribution in [3.8, 4) is 0 Å². The van der Waals surface area contributed by atoms with Crippen molar-refractivity contribution in [2.24, 2.45) is 5.92 Å². The molecule has 0 fully saturated rings. The third-order valence-electron chi connectivity index (χ3n) is 2.98. The summed E-state index contributed by atoms with van der Waals surface area (Å²) in [6, 6.07) is 0. The topological polar surface area (TPSA) is 101 Å². The van der Waals surface area contributed by atoms with Gasteiger partial charge in [-0.1, -0.05) is 20.8 Å². The quantitative estimate of drug-likeness (QED) is 0.308. The van der Waals surface area contributed by atoms with E-state index in [-0.39, 0.29) is 5.25 Å². The van der Waals surface area contributed by atoms with E-state index in [1.54, 1.807) is 20.8 Å². The highest BCUT2D eigenvalue weighted by atomic mass is 32.1. The normalized spacial score (nSPS) is 23.0. The molecule has 5 N–H and O–H groups in total. The molecule has 0 bridgehead atoms. The smallest absolute Gasteiger partial charge is 0.110 e. The summed E-state index contributed by atoms with van der Waals surface area (Å²) in [5.74, 6) is -0.514. The van der Waals surface area contributed by atoms with Crippen LogP contribution in [0.1, 0.15) is 20.8 Å². The second-order valence-corrected chi connectivity index (χ2v) is 7.11. The minimum atomic E-state index is -1.63. The van der Waals surface area contributed by atoms with Gasteiger partial charge < -0.3 is 25.5 Å². The van der Waals surface area contributed by atoms with Gasteiger partial charge in [0.05, 0.1) is 12.7 Å². The van der Waals surface area contributed by atoms with Crippen LogP contribution < -0.4 is 0 Å². The third-order valence-corrected chi connectivity index (χ3v) is 3.60. The fraction of sp³-hybridized carbons (Fsp3) is 1.00. The van der Waals surface area contributed by atoms with Crippen LogP contribution in [0, 0.1) is 5.92 Å². The van der Waals surface area contributed by atoms with Gasteiger partial charge in [0.1, 0.15) is 18.3 Å². The zero-order chi connectivity index (χ0) is 14.7. The monoisotopic (exact) mass is 300 g/mol. The second-order valence-electron chi connectivity index (χ2n) is 5.14. The zero-order valence-corrected chi connectivity index (χ0v) is 12.6. The lowest BCUT2D eigenvalue weighted by Crippen LogP contribution is -2.53. The summed E-state index contributed by atoms with van der Waals surface area (Å²) < 4.78 is -0.633. The number of aliphatic hydroxyl groups is 5. The summed E-state index contributed by atoms with van der Waals surface area (Å²) in [6.45, 7) is 4.57. The van der Waals surface area contributed by atoms with Crippen LogP contribution >= 0.6 is 25.3 Å². The largest absolute Gasteiger partial charge is 0.394 e. The lowest BCUT2D eigenvalue weighted by Gasteiger charge is -2.39. The molecule has 0 rings (SSSR count). The Morgan fingerprint density at radius 1 is 1.00 bits per heavy atom. The van der Waals surface area contributed by atoms with E-state index >= 15 is 0 Å². The van der Waals surface area contributed by atoms with Crippen molar-refractivity contribution in [2.75, 3.05) is 6.61 Å². The Hall–Kier alpha value is 0.500. The molecule has 0 aliphatic rings. The Labute approximate surface area is 119 Å². The van der Waals surface area contributed by atoms with E-state index in [0.29, 0.717) is 0 Å². The number of hydrogen-bond acceptors (Lipinski definition) is 7. The van der Waals surface area contributed by atoms with Gasteiger partial charge in [0.15, 0.2) is 0 Å². The summed E-state index contributed by atoms with van der Waals surface area (Å²) in [6.07, 6.45) is -6.04. The molecule has 0 aliphatic heterocycles. The summed E-state index contributed by atoms with van der Waals surface area (Å²) in [4.78, 5) is 0. The molecule has 0 aromatic heterocycles. The molecule has 110 valence electrons. The van der Waals surface area contributed by atoms with Crippen molar-refractivity contribution in [1.29, 1.82) is 0 Å². The Morgan fingerprint density at radius 3 is 1.72 bits per heavy atom. The third kappa shape index (κ3) is 4.88. The van der Waals surface area contributed by atoms with Gasteiger partial charge in [-0.3, -0.25) is 0 Å². The first-order valence-electron chi connectivity index (χ1n) is 5.77. The van der Waals surface area contributed by atoms with Gasteiger partial charge in [0.25, 0.3) is 0 Å². The molecule has 0 saturated carbocycles. The lowest BCUT2D eigenvalue weighted by molar-refractivity contribution is -0.129. The van der Waals surface area contributed by atoms with Crippen LogP contribution in [-0.4, -0.2) is 66.6 Å². The predicted octanol–water partition coefficient (Wildman–Crippen LogP) is -0.935. The SMILES string of the molecule is CC(S)C(C(O)C(O)C(O)C(O)CO)C(C)(C)S. The van der Waals surface area contributed by atoms with Crippen molar-refractivity contribution in [1.82, 2.24) is 0 Å². The first-order chi connectivity index (χ1) is 8.03. The summed E-state index contributed by atoms with van der Waals surface area (Å²) in [7, 11) is 0. The first kappa shape index (κ1) is 18.5. The van der Waals surface area contributed by atoms with Crippen molar-refractivity contribution < 1.29 is 25.5 Å². The van der Waals surface area contributed by atoms with Gasteiger partial charge in [0.2, 0.25) is 0 Å². The van der Waals surface area contributed by atoms with Gasteiger partial charge in [-0.15, -0.1) is 0 Å². The predicted molar refractivity (Wildman–Crippen MR) is 76.1 cm³/mol. The Kier molecular flexibility index (Phi) is 7.53. The molecule has 0 aromatic rings. The van der Waals surface area contributed by atoms with Gasteiger partial charge in [0, 0.05) is 15.9 Å². The van der Waals surface area contributed by atoms with E-state index in [1.807, 2.05) is 0 Å². The summed E-state index contributed by atoms with van der Waals surface area (Å²) in [5.41, 5.74) is 0. The maximum atomic E-state index is 10.1. The summed E-state index contributed by atoms with van der Waals surface area (Å²) >= 11 is 8.60. The molecule has 0 saturated heterocycles.